The second kappa shape index (κ2) is 5.65. The van der Waals surface area contributed by atoms with E-state index in [0.29, 0.717) is 25.4 Å². The summed E-state index contributed by atoms with van der Waals surface area (Å²) in [6, 6.07) is 4.51. The van der Waals surface area contributed by atoms with Crippen molar-refractivity contribution in [1.29, 1.82) is 0 Å². The van der Waals surface area contributed by atoms with Gasteiger partial charge in [-0.3, -0.25) is 0 Å². The van der Waals surface area contributed by atoms with E-state index in [0.717, 1.165) is 0 Å². The summed E-state index contributed by atoms with van der Waals surface area (Å²) in [4.78, 5) is 1.90. The number of aliphatic hydroxyl groups excluding tert-OH is 2. The van der Waals surface area contributed by atoms with Crippen molar-refractivity contribution in [3.8, 4) is 0 Å². The van der Waals surface area contributed by atoms with Crippen LogP contribution in [0.2, 0.25) is 0 Å². The van der Waals surface area contributed by atoms with E-state index in [1.165, 1.54) is 13.0 Å². The number of morpholine rings is 1. The maximum atomic E-state index is 13.8. The normalized spacial score (nSPS) is 22.0. The number of halogens is 1. The zero-order chi connectivity index (χ0) is 13.1. The molecule has 0 spiro atoms. The molecule has 0 bridgehead atoms. The largest absolute Gasteiger partial charge is 0.394 e. The molecule has 1 aliphatic rings. The van der Waals surface area contributed by atoms with Crippen LogP contribution >= 0.6 is 0 Å². The number of benzene rings is 1. The van der Waals surface area contributed by atoms with Crippen LogP contribution in [0.1, 0.15) is 18.6 Å². The number of ether oxygens (including phenoxy) is 1. The van der Waals surface area contributed by atoms with Gasteiger partial charge < -0.3 is 19.8 Å². The molecule has 5 heteroatoms. The molecule has 100 valence electrons. The number of hydrogen-bond acceptors (Lipinski definition) is 4. The molecule has 1 aromatic carbocycles. The van der Waals surface area contributed by atoms with Crippen molar-refractivity contribution >= 4 is 5.69 Å². The molecular formula is C13H18FNO3. The molecule has 1 fully saturated rings. The lowest BCUT2D eigenvalue weighted by atomic mass is 10.0. The van der Waals surface area contributed by atoms with E-state index in [9.17, 15) is 14.6 Å². The van der Waals surface area contributed by atoms with Crippen molar-refractivity contribution in [1.82, 2.24) is 0 Å². The van der Waals surface area contributed by atoms with Crippen LogP contribution in [0, 0.1) is 5.82 Å². The van der Waals surface area contributed by atoms with Crippen molar-refractivity contribution in [2.45, 2.75) is 19.1 Å². The van der Waals surface area contributed by atoms with Gasteiger partial charge in [0.1, 0.15) is 5.82 Å². The molecule has 1 aromatic rings. The van der Waals surface area contributed by atoms with Gasteiger partial charge in [0.2, 0.25) is 0 Å². The lowest BCUT2D eigenvalue weighted by Gasteiger charge is -2.37. The first kappa shape index (κ1) is 13.3. The first-order chi connectivity index (χ1) is 8.65. The Kier molecular flexibility index (Phi) is 4.16. The maximum Gasteiger partial charge on any atom is 0.131 e. The molecule has 0 aromatic heterocycles. The first-order valence-corrected chi connectivity index (χ1v) is 6.07. The van der Waals surface area contributed by atoms with Crippen LogP contribution in [0.3, 0.4) is 0 Å². The number of aliphatic hydroxyl groups is 2. The molecule has 2 rings (SSSR count). The fourth-order valence-corrected chi connectivity index (χ4v) is 2.31. The van der Waals surface area contributed by atoms with E-state index < -0.39 is 11.9 Å². The quantitative estimate of drug-likeness (QED) is 0.848. The lowest BCUT2D eigenvalue weighted by Crippen LogP contribution is -2.48. The summed E-state index contributed by atoms with van der Waals surface area (Å²) in [6.45, 7) is 3.00. The second-order valence-corrected chi connectivity index (χ2v) is 4.45. The standard InChI is InChI=1S/C13H18FNO3/c1-9(17)13-11(14)3-2-4-12(13)15-5-6-18-8-10(15)7-16/h2-4,9-10,16-17H,5-8H2,1H3/t9-,10?/m1/s1. The van der Waals surface area contributed by atoms with Crippen LogP contribution in [0.4, 0.5) is 10.1 Å². The highest BCUT2D eigenvalue weighted by atomic mass is 19.1. The molecule has 2 N–H and O–H groups in total. The molecule has 1 aliphatic heterocycles. The smallest absolute Gasteiger partial charge is 0.131 e. The summed E-state index contributed by atoms with van der Waals surface area (Å²) < 4.78 is 19.1. The monoisotopic (exact) mass is 255 g/mol. The Hall–Kier alpha value is -1.17. The molecule has 0 radical (unpaired) electrons. The third-order valence-electron chi connectivity index (χ3n) is 3.20. The summed E-state index contributed by atoms with van der Waals surface area (Å²) in [5.74, 6) is -0.425. The van der Waals surface area contributed by atoms with E-state index in [-0.39, 0.29) is 18.2 Å². The Bertz CT molecular complexity index is 411. The average molecular weight is 255 g/mol. The van der Waals surface area contributed by atoms with Crippen LogP contribution in [0.25, 0.3) is 0 Å². The van der Waals surface area contributed by atoms with Crippen LogP contribution < -0.4 is 4.90 Å². The van der Waals surface area contributed by atoms with Gasteiger partial charge in [0.25, 0.3) is 0 Å². The van der Waals surface area contributed by atoms with Crippen LogP contribution in [0.5, 0.6) is 0 Å². The summed E-state index contributed by atoms with van der Waals surface area (Å²) >= 11 is 0. The predicted octanol–water partition coefficient (Wildman–Crippen LogP) is 1.08. The number of hydrogen-bond donors (Lipinski definition) is 2. The van der Waals surface area contributed by atoms with Crippen molar-refractivity contribution in [3.63, 3.8) is 0 Å². The Morgan fingerprint density at radius 3 is 3.00 bits per heavy atom. The highest BCUT2D eigenvalue weighted by molar-refractivity contribution is 5.56. The Labute approximate surface area is 106 Å². The number of anilines is 1. The van der Waals surface area contributed by atoms with E-state index in [1.807, 2.05) is 4.90 Å². The SMILES string of the molecule is C[C@@H](O)c1c(F)cccc1N1CCOCC1CO. The van der Waals surface area contributed by atoms with Gasteiger partial charge in [-0.2, -0.15) is 0 Å². The molecule has 2 atom stereocenters. The second-order valence-electron chi connectivity index (χ2n) is 4.45. The predicted molar refractivity (Wildman–Crippen MR) is 66.1 cm³/mol. The van der Waals surface area contributed by atoms with Gasteiger partial charge in [0, 0.05) is 17.8 Å². The summed E-state index contributed by atoms with van der Waals surface area (Å²) in [5.41, 5.74) is 0.908. The molecule has 18 heavy (non-hydrogen) atoms. The number of rotatable bonds is 3. The Morgan fingerprint density at radius 2 is 2.33 bits per heavy atom. The zero-order valence-corrected chi connectivity index (χ0v) is 10.3. The fourth-order valence-electron chi connectivity index (χ4n) is 2.31. The molecule has 1 heterocycles. The number of nitrogens with zero attached hydrogens (tertiary/aromatic N) is 1. The molecule has 0 amide bonds. The lowest BCUT2D eigenvalue weighted by molar-refractivity contribution is 0.0722. The van der Waals surface area contributed by atoms with E-state index in [1.54, 1.807) is 12.1 Å². The van der Waals surface area contributed by atoms with Crippen molar-refractivity contribution in [3.05, 3.63) is 29.6 Å². The minimum atomic E-state index is -0.886. The maximum absolute atomic E-state index is 13.8. The highest BCUT2D eigenvalue weighted by Gasteiger charge is 2.26. The van der Waals surface area contributed by atoms with Crippen LogP contribution in [-0.4, -0.2) is 42.6 Å². The fraction of sp³-hybridized carbons (Fsp3) is 0.538. The van der Waals surface area contributed by atoms with Crippen molar-refractivity contribution in [2.24, 2.45) is 0 Å². The molecule has 0 saturated carbocycles. The molecular weight excluding hydrogens is 237 g/mol. The third kappa shape index (κ3) is 2.48. The van der Waals surface area contributed by atoms with E-state index >= 15 is 0 Å². The summed E-state index contributed by atoms with van der Waals surface area (Å²) in [6.07, 6.45) is -0.886. The van der Waals surface area contributed by atoms with Gasteiger partial charge in [-0.25, -0.2) is 4.39 Å². The van der Waals surface area contributed by atoms with Gasteiger partial charge in [0.05, 0.1) is 32.0 Å². The summed E-state index contributed by atoms with van der Waals surface area (Å²) in [5, 5.41) is 19.1. The zero-order valence-electron chi connectivity index (χ0n) is 10.3. The van der Waals surface area contributed by atoms with E-state index in [2.05, 4.69) is 0 Å². The Morgan fingerprint density at radius 1 is 1.56 bits per heavy atom. The highest BCUT2D eigenvalue weighted by Crippen LogP contribution is 2.31. The molecule has 0 aliphatic carbocycles. The third-order valence-corrected chi connectivity index (χ3v) is 3.20. The van der Waals surface area contributed by atoms with Gasteiger partial charge in [-0.15, -0.1) is 0 Å². The van der Waals surface area contributed by atoms with Gasteiger partial charge in [-0.05, 0) is 19.1 Å². The molecule has 1 unspecified atom stereocenters. The minimum absolute atomic E-state index is 0.0598. The summed E-state index contributed by atoms with van der Waals surface area (Å²) in [7, 11) is 0. The average Bonchev–Trinajstić information content (AvgIpc) is 2.38. The van der Waals surface area contributed by atoms with Gasteiger partial charge >= 0.3 is 0 Å². The first-order valence-electron chi connectivity index (χ1n) is 6.07. The molecule has 1 saturated heterocycles. The van der Waals surface area contributed by atoms with Gasteiger partial charge in [-0.1, -0.05) is 6.07 Å². The topological polar surface area (TPSA) is 52.9 Å². The molecule has 4 nitrogen and oxygen atoms in total. The van der Waals surface area contributed by atoms with Crippen LogP contribution in [-0.2, 0) is 4.74 Å². The van der Waals surface area contributed by atoms with Crippen molar-refractivity contribution in [2.75, 3.05) is 31.3 Å². The van der Waals surface area contributed by atoms with E-state index in [4.69, 9.17) is 4.74 Å². The minimum Gasteiger partial charge on any atom is -0.394 e. The van der Waals surface area contributed by atoms with Gasteiger partial charge in [0.15, 0.2) is 0 Å². The van der Waals surface area contributed by atoms with Crippen LogP contribution in [0.15, 0.2) is 18.2 Å². The Balaban J connectivity index is 2.39. The van der Waals surface area contributed by atoms with Crippen molar-refractivity contribution < 1.29 is 19.3 Å².